The maximum absolute atomic E-state index is 13.1. The van der Waals surface area contributed by atoms with Crippen molar-refractivity contribution in [2.45, 2.75) is 25.1 Å². The van der Waals surface area contributed by atoms with Gasteiger partial charge in [-0.2, -0.15) is 13.2 Å². The van der Waals surface area contributed by atoms with Gasteiger partial charge in [0, 0.05) is 11.4 Å². The Hall–Kier alpha value is -1.56. The molecule has 0 amide bonds. The molecule has 1 unspecified atom stereocenters. The van der Waals surface area contributed by atoms with E-state index in [1.54, 1.807) is 0 Å². The van der Waals surface area contributed by atoms with Gasteiger partial charge in [0.05, 0.1) is 5.56 Å². The van der Waals surface area contributed by atoms with Crippen LogP contribution < -0.4 is 0 Å². The maximum Gasteiger partial charge on any atom is 0.436 e. The molecule has 102 valence electrons. The van der Waals surface area contributed by atoms with Crippen molar-refractivity contribution in [1.82, 2.24) is 0 Å². The fourth-order valence-electron chi connectivity index (χ4n) is 1.98. The van der Waals surface area contributed by atoms with Crippen molar-refractivity contribution in [2.75, 3.05) is 0 Å². The van der Waals surface area contributed by atoms with Gasteiger partial charge in [-0.25, -0.2) is 4.79 Å². The van der Waals surface area contributed by atoms with Gasteiger partial charge in [-0.15, -0.1) is 0 Å². The van der Waals surface area contributed by atoms with Crippen LogP contribution in [0, 0.1) is 0 Å². The lowest BCUT2D eigenvalue weighted by molar-refractivity contribution is -0.250. The molecule has 0 aromatic heterocycles. The van der Waals surface area contributed by atoms with Crippen LogP contribution in [0.1, 0.15) is 22.8 Å². The first kappa shape index (κ1) is 13.9. The molecule has 0 saturated heterocycles. The van der Waals surface area contributed by atoms with Crippen molar-refractivity contribution in [3.05, 3.63) is 34.3 Å². The summed E-state index contributed by atoms with van der Waals surface area (Å²) in [6, 6.07) is 3.89. The van der Waals surface area contributed by atoms with Crippen molar-refractivity contribution < 1.29 is 27.5 Å². The minimum atomic E-state index is -4.98. The van der Waals surface area contributed by atoms with Gasteiger partial charge in [0.1, 0.15) is 0 Å². The second-order valence-corrected chi connectivity index (χ2v) is 4.69. The third-order valence-corrected chi connectivity index (χ3v) is 3.26. The molecule has 0 radical (unpaired) electrons. The molecule has 1 aliphatic heterocycles. The quantitative estimate of drug-likeness (QED) is 0.748. The van der Waals surface area contributed by atoms with E-state index < -0.39 is 30.0 Å². The highest BCUT2D eigenvalue weighted by Gasteiger charge is 2.63. The van der Waals surface area contributed by atoms with Crippen LogP contribution in [-0.4, -0.2) is 23.5 Å². The van der Waals surface area contributed by atoms with Gasteiger partial charge in [0.15, 0.2) is 5.78 Å². The first-order valence-electron chi connectivity index (χ1n) is 5.27. The second-order valence-electron chi connectivity index (χ2n) is 4.25. The van der Waals surface area contributed by atoms with E-state index in [2.05, 4.69) is 4.74 Å². The first-order valence-corrected chi connectivity index (χ1v) is 5.65. The number of alkyl halides is 3. The zero-order valence-electron chi connectivity index (χ0n) is 9.68. The molecule has 1 aromatic rings. The van der Waals surface area contributed by atoms with Gasteiger partial charge in [-0.3, -0.25) is 4.79 Å². The number of hydrogen-bond donors (Lipinski definition) is 0. The summed E-state index contributed by atoms with van der Waals surface area (Å²) in [5.74, 6) is -2.44. The summed E-state index contributed by atoms with van der Waals surface area (Å²) in [5, 5.41) is 0.188. The molecule has 7 heteroatoms. The summed E-state index contributed by atoms with van der Waals surface area (Å²) in [6.45, 7) is 0.746. The van der Waals surface area contributed by atoms with Crippen molar-refractivity contribution in [3.63, 3.8) is 0 Å². The Morgan fingerprint density at radius 2 is 2.05 bits per heavy atom. The van der Waals surface area contributed by atoms with E-state index in [0.717, 1.165) is 6.92 Å². The predicted octanol–water partition coefficient (Wildman–Crippen LogP) is 2.94. The Labute approximate surface area is 111 Å². The van der Waals surface area contributed by atoms with Gasteiger partial charge in [-0.1, -0.05) is 11.6 Å². The largest absolute Gasteiger partial charge is 0.437 e. The number of rotatable bonds is 1. The van der Waals surface area contributed by atoms with Crippen LogP contribution in [-0.2, 0) is 16.0 Å². The van der Waals surface area contributed by atoms with Gasteiger partial charge in [0.2, 0.25) is 0 Å². The average molecular weight is 293 g/mol. The molecule has 2 rings (SSSR count). The fourth-order valence-corrected chi connectivity index (χ4v) is 2.17. The number of Topliss-reactive ketones (excluding diaryl/α,β-unsaturated/α-hetero) is 1. The lowest BCUT2D eigenvalue weighted by Crippen LogP contribution is -2.58. The van der Waals surface area contributed by atoms with Crippen LogP contribution >= 0.6 is 11.6 Å². The van der Waals surface area contributed by atoms with Gasteiger partial charge < -0.3 is 4.74 Å². The Morgan fingerprint density at radius 3 is 2.58 bits per heavy atom. The highest BCUT2D eigenvalue weighted by molar-refractivity contribution is 6.30. The summed E-state index contributed by atoms with van der Waals surface area (Å²) < 4.78 is 43.7. The Bertz CT molecular complexity index is 568. The third kappa shape index (κ3) is 2.10. The van der Waals surface area contributed by atoms with Gasteiger partial charge >= 0.3 is 12.1 Å². The lowest BCUT2D eigenvalue weighted by Gasteiger charge is -2.36. The lowest BCUT2D eigenvalue weighted by atomic mass is 9.85. The molecular formula is C12H8ClF3O3. The van der Waals surface area contributed by atoms with E-state index in [1.165, 1.54) is 18.2 Å². The highest BCUT2D eigenvalue weighted by Crippen LogP contribution is 2.41. The van der Waals surface area contributed by atoms with Gasteiger partial charge in [-0.05, 0) is 30.7 Å². The molecule has 1 atom stereocenters. The average Bonchev–Trinajstić information content (AvgIpc) is 2.26. The summed E-state index contributed by atoms with van der Waals surface area (Å²) in [4.78, 5) is 23.0. The van der Waals surface area contributed by atoms with Gasteiger partial charge in [0.25, 0.3) is 5.60 Å². The molecule has 1 heterocycles. The van der Waals surface area contributed by atoms with E-state index in [4.69, 9.17) is 11.6 Å². The Kier molecular flexibility index (Phi) is 3.09. The van der Waals surface area contributed by atoms with E-state index in [9.17, 15) is 22.8 Å². The zero-order chi connectivity index (χ0) is 14.4. The molecule has 0 bridgehead atoms. The molecular weight excluding hydrogens is 285 g/mol. The van der Waals surface area contributed by atoms with Crippen LogP contribution in [0.15, 0.2) is 18.2 Å². The molecule has 0 N–H and O–H groups in total. The summed E-state index contributed by atoms with van der Waals surface area (Å²) in [5.41, 5.74) is -3.08. The number of esters is 1. The molecule has 19 heavy (non-hydrogen) atoms. The van der Waals surface area contributed by atoms with Crippen LogP contribution in [0.3, 0.4) is 0 Å². The summed E-state index contributed by atoms with van der Waals surface area (Å²) in [7, 11) is 0. The Balaban J connectivity index is 2.60. The number of fused-ring (bicyclic) bond motifs is 1. The highest BCUT2D eigenvalue weighted by atomic mass is 35.5. The van der Waals surface area contributed by atoms with Crippen molar-refractivity contribution in [1.29, 1.82) is 0 Å². The predicted molar refractivity (Wildman–Crippen MR) is 60.0 cm³/mol. The minimum Gasteiger partial charge on any atom is -0.437 e. The van der Waals surface area contributed by atoms with Crippen LogP contribution in [0.4, 0.5) is 13.2 Å². The number of ether oxygens (including phenoxy) is 1. The molecule has 1 aromatic carbocycles. The maximum atomic E-state index is 13.1. The van der Waals surface area contributed by atoms with E-state index >= 15 is 0 Å². The van der Waals surface area contributed by atoms with E-state index in [-0.39, 0.29) is 16.1 Å². The van der Waals surface area contributed by atoms with Crippen molar-refractivity contribution in [3.8, 4) is 0 Å². The SMILES string of the molecule is CC(=O)C1(C(F)(F)F)Cc2cc(Cl)ccc2C(=O)O1. The molecule has 3 nitrogen and oxygen atoms in total. The van der Waals surface area contributed by atoms with Crippen LogP contribution in [0.25, 0.3) is 0 Å². The number of ketones is 1. The molecule has 1 aliphatic rings. The molecule has 0 saturated carbocycles. The first-order chi connectivity index (χ1) is 8.67. The summed E-state index contributed by atoms with van der Waals surface area (Å²) >= 11 is 5.69. The van der Waals surface area contributed by atoms with E-state index in [0.29, 0.717) is 0 Å². The standard InChI is InChI=1S/C12H8ClF3O3/c1-6(17)11(12(14,15)16)5-7-4-8(13)2-3-9(7)10(18)19-11/h2-4H,5H2,1H3. The van der Waals surface area contributed by atoms with Crippen LogP contribution in [0.5, 0.6) is 0 Å². The normalized spacial score (nSPS) is 22.7. The molecule has 0 aliphatic carbocycles. The smallest absolute Gasteiger partial charge is 0.436 e. The zero-order valence-corrected chi connectivity index (χ0v) is 10.4. The van der Waals surface area contributed by atoms with E-state index in [1.807, 2.05) is 0 Å². The number of hydrogen-bond acceptors (Lipinski definition) is 3. The fraction of sp³-hybridized carbons (Fsp3) is 0.333. The monoisotopic (exact) mass is 292 g/mol. The summed E-state index contributed by atoms with van der Waals surface area (Å²) in [6.07, 6.45) is -5.73. The Morgan fingerprint density at radius 1 is 1.42 bits per heavy atom. The number of cyclic esters (lactones) is 1. The second kappa shape index (κ2) is 4.23. The molecule has 0 fully saturated rings. The minimum absolute atomic E-state index is 0.00877. The topological polar surface area (TPSA) is 43.4 Å². The number of carbonyl (C=O) groups is 2. The number of halogens is 4. The van der Waals surface area contributed by atoms with Crippen molar-refractivity contribution in [2.24, 2.45) is 0 Å². The van der Waals surface area contributed by atoms with Crippen LogP contribution in [0.2, 0.25) is 5.02 Å². The number of benzene rings is 1. The third-order valence-electron chi connectivity index (χ3n) is 3.02. The van der Waals surface area contributed by atoms with Crippen molar-refractivity contribution >= 4 is 23.4 Å². The molecule has 0 spiro atoms. The number of carbonyl (C=O) groups excluding carboxylic acids is 2.